The highest BCUT2D eigenvalue weighted by Gasteiger charge is 2.21. The Labute approximate surface area is 169 Å². The van der Waals surface area contributed by atoms with E-state index in [1.807, 2.05) is 42.5 Å². The number of hydrogen-bond acceptors (Lipinski definition) is 3. The van der Waals surface area contributed by atoms with Crippen LogP contribution in [0.25, 0.3) is 0 Å². The lowest BCUT2D eigenvalue weighted by molar-refractivity contribution is -0.123. The van der Waals surface area contributed by atoms with Crippen molar-refractivity contribution in [1.29, 1.82) is 0 Å². The van der Waals surface area contributed by atoms with E-state index in [2.05, 4.69) is 5.32 Å². The molecule has 1 N–H and O–H groups in total. The van der Waals surface area contributed by atoms with E-state index in [4.69, 9.17) is 16.3 Å². The Balaban J connectivity index is 1.68. The molecule has 0 heterocycles. The molecule has 5 heteroatoms. The number of rotatable bonds is 6. The second-order valence-corrected chi connectivity index (χ2v) is 6.80. The molecule has 3 rings (SSSR count). The van der Waals surface area contributed by atoms with Crippen molar-refractivity contribution in [3.05, 3.63) is 101 Å². The SMILES string of the molecule is C[C@@H](OC(=O)c1ccccc1Cc1ccccc1)C(=O)Nc1cccc(Cl)c1. The summed E-state index contributed by atoms with van der Waals surface area (Å²) in [6.45, 7) is 1.54. The van der Waals surface area contributed by atoms with Crippen molar-refractivity contribution in [2.45, 2.75) is 19.4 Å². The van der Waals surface area contributed by atoms with Gasteiger partial charge in [-0.25, -0.2) is 4.79 Å². The molecule has 0 aliphatic rings. The quantitative estimate of drug-likeness (QED) is 0.592. The number of amides is 1. The summed E-state index contributed by atoms with van der Waals surface area (Å²) < 4.78 is 5.40. The second-order valence-electron chi connectivity index (χ2n) is 6.37. The summed E-state index contributed by atoms with van der Waals surface area (Å²) in [7, 11) is 0. The second kappa shape index (κ2) is 9.20. The number of carbonyl (C=O) groups is 2. The highest BCUT2D eigenvalue weighted by Crippen LogP contribution is 2.18. The lowest BCUT2D eigenvalue weighted by atomic mass is 10.00. The Morgan fingerprint density at radius 1 is 0.964 bits per heavy atom. The van der Waals surface area contributed by atoms with Crippen LogP contribution in [0, 0.1) is 0 Å². The molecule has 0 saturated heterocycles. The normalized spacial score (nSPS) is 11.5. The number of benzene rings is 3. The van der Waals surface area contributed by atoms with Gasteiger partial charge in [-0.3, -0.25) is 4.79 Å². The first kappa shape index (κ1) is 19.6. The number of nitrogens with one attached hydrogen (secondary N) is 1. The average Bonchev–Trinajstić information content (AvgIpc) is 2.69. The van der Waals surface area contributed by atoms with E-state index in [0.717, 1.165) is 11.1 Å². The summed E-state index contributed by atoms with van der Waals surface area (Å²) in [6.07, 6.45) is -0.342. The van der Waals surface area contributed by atoms with Gasteiger partial charge in [-0.2, -0.15) is 0 Å². The molecule has 0 aliphatic carbocycles. The molecule has 0 fully saturated rings. The van der Waals surface area contributed by atoms with Gasteiger partial charge in [0, 0.05) is 10.7 Å². The topological polar surface area (TPSA) is 55.4 Å². The van der Waals surface area contributed by atoms with Gasteiger partial charge in [-0.15, -0.1) is 0 Å². The molecule has 0 unspecified atom stereocenters. The van der Waals surface area contributed by atoms with Gasteiger partial charge in [-0.05, 0) is 48.7 Å². The van der Waals surface area contributed by atoms with Gasteiger partial charge in [0.1, 0.15) is 0 Å². The first-order valence-corrected chi connectivity index (χ1v) is 9.30. The van der Waals surface area contributed by atoms with Crippen LogP contribution < -0.4 is 5.32 Å². The van der Waals surface area contributed by atoms with Crippen molar-refractivity contribution in [2.24, 2.45) is 0 Å². The highest BCUT2D eigenvalue weighted by atomic mass is 35.5. The molecule has 0 spiro atoms. The zero-order valence-electron chi connectivity index (χ0n) is 15.4. The minimum atomic E-state index is -0.948. The highest BCUT2D eigenvalue weighted by molar-refractivity contribution is 6.30. The molecule has 0 aliphatic heterocycles. The fraction of sp³-hybridized carbons (Fsp3) is 0.130. The minimum Gasteiger partial charge on any atom is -0.449 e. The van der Waals surface area contributed by atoms with Gasteiger partial charge < -0.3 is 10.1 Å². The first-order chi connectivity index (χ1) is 13.5. The molecule has 3 aromatic rings. The molecule has 0 saturated carbocycles. The summed E-state index contributed by atoms with van der Waals surface area (Å²) in [5, 5.41) is 3.20. The van der Waals surface area contributed by atoms with E-state index in [1.165, 1.54) is 6.92 Å². The van der Waals surface area contributed by atoms with Gasteiger partial charge in [0.05, 0.1) is 5.56 Å². The number of carbonyl (C=O) groups excluding carboxylic acids is 2. The van der Waals surface area contributed by atoms with E-state index >= 15 is 0 Å². The van der Waals surface area contributed by atoms with E-state index in [0.29, 0.717) is 22.7 Å². The Bertz CT molecular complexity index is 972. The molecule has 1 atom stereocenters. The smallest absolute Gasteiger partial charge is 0.339 e. The minimum absolute atomic E-state index is 0.420. The first-order valence-electron chi connectivity index (χ1n) is 8.92. The lowest BCUT2D eigenvalue weighted by Crippen LogP contribution is -2.30. The van der Waals surface area contributed by atoms with Crippen LogP contribution in [-0.4, -0.2) is 18.0 Å². The fourth-order valence-corrected chi connectivity index (χ4v) is 2.97. The third kappa shape index (κ3) is 5.21. The third-order valence-electron chi connectivity index (χ3n) is 4.22. The van der Waals surface area contributed by atoms with E-state index in [-0.39, 0.29) is 0 Å². The van der Waals surface area contributed by atoms with Crippen LogP contribution >= 0.6 is 11.6 Å². The van der Waals surface area contributed by atoms with Crippen molar-refractivity contribution in [2.75, 3.05) is 5.32 Å². The predicted octanol–water partition coefficient (Wildman–Crippen LogP) is 5.11. The summed E-state index contributed by atoms with van der Waals surface area (Å²) in [6, 6.07) is 23.9. The van der Waals surface area contributed by atoms with Crippen molar-refractivity contribution in [3.8, 4) is 0 Å². The van der Waals surface area contributed by atoms with Gasteiger partial charge in [0.25, 0.3) is 5.91 Å². The molecule has 142 valence electrons. The number of halogens is 1. The number of ether oxygens (including phenoxy) is 1. The number of hydrogen-bond donors (Lipinski definition) is 1. The van der Waals surface area contributed by atoms with Crippen LogP contribution in [0.5, 0.6) is 0 Å². The molecule has 0 bridgehead atoms. The third-order valence-corrected chi connectivity index (χ3v) is 4.45. The molecule has 0 aromatic heterocycles. The molecule has 4 nitrogen and oxygen atoms in total. The molecular formula is C23H20ClNO3. The van der Waals surface area contributed by atoms with Gasteiger partial charge in [0.15, 0.2) is 6.10 Å². The zero-order chi connectivity index (χ0) is 19.9. The molecule has 28 heavy (non-hydrogen) atoms. The molecule has 3 aromatic carbocycles. The van der Waals surface area contributed by atoms with Crippen LogP contribution in [0.15, 0.2) is 78.9 Å². The maximum Gasteiger partial charge on any atom is 0.339 e. The summed E-state index contributed by atoms with van der Waals surface area (Å²) >= 11 is 5.92. The molecular weight excluding hydrogens is 374 g/mol. The Kier molecular flexibility index (Phi) is 6.45. The lowest BCUT2D eigenvalue weighted by Gasteiger charge is -2.15. The van der Waals surface area contributed by atoms with Gasteiger partial charge in [0.2, 0.25) is 0 Å². The van der Waals surface area contributed by atoms with Crippen molar-refractivity contribution in [3.63, 3.8) is 0 Å². The van der Waals surface area contributed by atoms with Gasteiger partial charge in [-0.1, -0.05) is 66.2 Å². The maximum atomic E-state index is 12.7. The zero-order valence-corrected chi connectivity index (χ0v) is 16.1. The fourth-order valence-electron chi connectivity index (χ4n) is 2.78. The van der Waals surface area contributed by atoms with E-state index in [9.17, 15) is 9.59 Å². The van der Waals surface area contributed by atoms with E-state index < -0.39 is 18.0 Å². The average molecular weight is 394 g/mol. The van der Waals surface area contributed by atoms with Crippen molar-refractivity contribution < 1.29 is 14.3 Å². The van der Waals surface area contributed by atoms with Crippen LogP contribution in [-0.2, 0) is 16.0 Å². The van der Waals surface area contributed by atoms with Crippen molar-refractivity contribution in [1.82, 2.24) is 0 Å². The summed E-state index contributed by atoms with van der Waals surface area (Å²) in [5.74, 6) is -0.948. The number of anilines is 1. The monoisotopic (exact) mass is 393 g/mol. The largest absolute Gasteiger partial charge is 0.449 e. The summed E-state index contributed by atoms with van der Waals surface area (Å²) in [4.78, 5) is 25.0. The Hall–Kier alpha value is -3.11. The standard InChI is InChI=1S/C23H20ClNO3/c1-16(22(26)25-20-12-7-11-19(24)15-20)28-23(27)21-13-6-5-10-18(21)14-17-8-3-2-4-9-17/h2-13,15-16H,14H2,1H3,(H,25,26)/t16-/m1/s1. The Morgan fingerprint density at radius 2 is 1.68 bits per heavy atom. The van der Waals surface area contributed by atoms with Crippen molar-refractivity contribution >= 4 is 29.2 Å². The predicted molar refractivity (Wildman–Crippen MR) is 111 cm³/mol. The van der Waals surface area contributed by atoms with Crippen LogP contribution in [0.2, 0.25) is 5.02 Å². The summed E-state index contributed by atoms with van der Waals surface area (Å²) in [5.41, 5.74) is 2.94. The number of esters is 1. The van der Waals surface area contributed by atoms with Gasteiger partial charge >= 0.3 is 5.97 Å². The maximum absolute atomic E-state index is 12.7. The molecule has 0 radical (unpaired) electrons. The van der Waals surface area contributed by atoms with Crippen LogP contribution in [0.3, 0.4) is 0 Å². The molecule has 1 amide bonds. The van der Waals surface area contributed by atoms with Crippen LogP contribution in [0.1, 0.15) is 28.4 Å². The Morgan fingerprint density at radius 3 is 2.43 bits per heavy atom. The van der Waals surface area contributed by atoms with E-state index in [1.54, 1.807) is 36.4 Å². The van der Waals surface area contributed by atoms with Crippen LogP contribution in [0.4, 0.5) is 5.69 Å².